The number of nitrogens with one attached hydrogen (secondary N) is 1. The molecular weight excluding hydrogens is 578 g/mol. The minimum absolute atomic E-state index is 0.0171. The van der Waals surface area contributed by atoms with Gasteiger partial charge in [0.25, 0.3) is 0 Å². The summed E-state index contributed by atoms with van der Waals surface area (Å²) in [6, 6.07) is 6.62. The van der Waals surface area contributed by atoms with Crippen molar-refractivity contribution in [2.75, 3.05) is 37.7 Å². The summed E-state index contributed by atoms with van der Waals surface area (Å²) in [6.07, 6.45) is 6.88. The smallest absolute Gasteiger partial charge is 0.319 e. The van der Waals surface area contributed by atoms with E-state index in [0.29, 0.717) is 59.8 Å². The summed E-state index contributed by atoms with van der Waals surface area (Å²) >= 11 is 0. The van der Waals surface area contributed by atoms with Crippen LogP contribution in [0.5, 0.6) is 17.6 Å². The van der Waals surface area contributed by atoms with Crippen LogP contribution >= 0.6 is 0 Å². The molecular formula is C34H36F2N6O3. The Labute approximate surface area is 259 Å². The highest BCUT2D eigenvalue weighted by Gasteiger charge is 2.46. The molecule has 0 aliphatic carbocycles. The second kappa shape index (κ2) is 10.1. The van der Waals surface area contributed by atoms with E-state index in [0.717, 1.165) is 51.6 Å². The number of pyridine rings is 1. The van der Waals surface area contributed by atoms with Crippen LogP contribution < -0.4 is 19.7 Å². The van der Waals surface area contributed by atoms with Gasteiger partial charge in [-0.2, -0.15) is 9.97 Å². The Kier molecular flexibility index (Phi) is 6.16. The van der Waals surface area contributed by atoms with Crippen LogP contribution in [0.15, 0.2) is 24.3 Å². The standard InChI is InChI=1S/C34H36F2N6O3/c1-2-21-23(35)7-5-18-13-20(43)14-22(26(18)21)29-28(36)30-27-31(40-33(39-30)45-17-34-9-3-11-41(34)12-4-10-34)42-15-19-6-8-24(37-19)25(42)16-44-32(27)38-29/h5,7,13-14,19,24-25,37,43H,2-4,6,8-12,15-17H2,1H3/t19-,24+,25-/m0/s1. The van der Waals surface area contributed by atoms with E-state index in [-0.39, 0.29) is 57.9 Å². The van der Waals surface area contributed by atoms with Crippen molar-refractivity contribution in [3.63, 3.8) is 0 Å². The van der Waals surface area contributed by atoms with Crippen molar-refractivity contribution in [1.29, 1.82) is 0 Å². The molecule has 4 fully saturated rings. The van der Waals surface area contributed by atoms with Crippen LogP contribution in [0.1, 0.15) is 51.0 Å². The van der Waals surface area contributed by atoms with Gasteiger partial charge in [0.05, 0.1) is 11.6 Å². The number of nitrogens with zero attached hydrogens (tertiary/aromatic N) is 5. The second-order valence-electron chi connectivity index (χ2n) is 13.4. The second-order valence-corrected chi connectivity index (χ2v) is 13.4. The first-order valence-electron chi connectivity index (χ1n) is 16.3. The molecule has 0 saturated carbocycles. The number of phenols is 1. The number of ether oxygens (including phenoxy) is 2. The van der Waals surface area contributed by atoms with E-state index >= 15 is 8.78 Å². The van der Waals surface area contributed by atoms with E-state index in [9.17, 15) is 5.11 Å². The number of piperazine rings is 1. The van der Waals surface area contributed by atoms with Crippen LogP contribution in [0.3, 0.4) is 0 Å². The molecule has 2 aromatic carbocycles. The number of aryl methyl sites for hydroxylation is 1. The van der Waals surface area contributed by atoms with Gasteiger partial charge in [0.1, 0.15) is 47.2 Å². The summed E-state index contributed by atoms with van der Waals surface area (Å²) in [5, 5.41) is 15.9. The summed E-state index contributed by atoms with van der Waals surface area (Å²) < 4.78 is 44.9. The molecule has 9 nitrogen and oxygen atoms in total. The zero-order valence-corrected chi connectivity index (χ0v) is 25.3. The first kappa shape index (κ1) is 27.5. The number of aromatic nitrogens is 3. The topological polar surface area (TPSA) is 95.9 Å². The average molecular weight is 615 g/mol. The molecule has 2 bridgehead atoms. The molecule has 0 radical (unpaired) electrons. The van der Waals surface area contributed by atoms with Gasteiger partial charge in [0.2, 0.25) is 5.88 Å². The van der Waals surface area contributed by atoms with Crippen molar-refractivity contribution < 1.29 is 23.4 Å². The van der Waals surface area contributed by atoms with Crippen LogP contribution in [-0.2, 0) is 6.42 Å². The van der Waals surface area contributed by atoms with Crippen molar-refractivity contribution in [2.24, 2.45) is 0 Å². The van der Waals surface area contributed by atoms with Crippen molar-refractivity contribution in [3.05, 3.63) is 41.5 Å². The largest absolute Gasteiger partial charge is 0.508 e. The van der Waals surface area contributed by atoms with E-state index in [2.05, 4.69) is 15.1 Å². The molecule has 5 aliphatic heterocycles. The van der Waals surface area contributed by atoms with Crippen molar-refractivity contribution in [3.8, 4) is 28.9 Å². The van der Waals surface area contributed by atoms with Gasteiger partial charge in [-0.15, -0.1) is 0 Å². The lowest BCUT2D eigenvalue weighted by atomic mass is 9.94. The van der Waals surface area contributed by atoms with Gasteiger partial charge >= 0.3 is 6.01 Å². The predicted molar refractivity (Wildman–Crippen MR) is 166 cm³/mol. The van der Waals surface area contributed by atoms with E-state index in [1.807, 2.05) is 6.92 Å². The predicted octanol–water partition coefficient (Wildman–Crippen LogP) is 5.10. The van der Waals surface area contributed by atoms with Gasteiger partial charge in [0, 0.05) is 24.2 Å². The Morgan fingerprint density at radius 2 is 1.93 bits per heavy atom. The fourth-order valence-corrected chi connectivity index (χ4v) is 8.85. The van der Waals surface area contributed by atoms with Gasteiger partial charge in [-0.25, -0.2) is 13.8 Å². The molecule has 2 N–H and O–H groups in total. The number of hydrogen-bond acceptors (Lipinski definition) is 9. The Hall–Kier alpha value is -3.83. The SMILES string of the molecule is CCc1c(F)ccc2cc(O)cc(-c3nc4c5c(nc(OCC67CCCN6CCC7)nc5c3F)N3C[C@@H]5CC[C@@H](N5)[C@@H]3CO4)c12. The summed E-state index contributed by atoms with van der Waals surface area (Å²) in [6.45, 7) is 5.51. The zero-order valence-electron chi connectivity index (χ0n) is 25.3. The summed E-state index contributed by atoms with van der Waals surface area (Å²) in [5.74, 6) is -0.322. The summed E-state index contributed by atoms with van der Waals surface area (Å²) in [4.78, 5) is 19.2. The fourth-order valence-electron chi connectivity index (χ4n) is 8.85. The molecule has 2 aromatic heterocycles. The highest BCUT2D eigenvalue weighted by atomic mass is 19.1. The number of halogens is 2. The normalized spacial score (nSPS) is 25.0. The number of phenolic OH excluding ortho intramolecular Hbond substituents is 1. The lowest BCUT2D eigenvalue weighted by Gasteiger charge is -2.40. The van der Waals surface area contributed by atoms with E-state index in [4.69, 9.17) is 24.4 Å². The Morgan fingerprint density at radius 1 is 1.09 bits per heavy atom. The molecule has 0 spiro atoms. The van der Waals surface area contributed by atoms with Gasteiger partial charge < -0.3 is 24.8 Å². The third-order valence-electron chi connectivity index (χ3n) is 11.0. The van der Waals surface area contributed by atoms with E-state index in [1.54, 1.807) is 12.1 Å². The third kappa shape index (κ3) is 4.12. The number of anilines is 1. The number of hydrogen-bond donors (Lipinski definition) is 2. The minimum Gasteiger partial charge on any atom is -0.508 e. The first-order chi connectivity index (χ1) is 21.9. The summed E-state index contributed by atoms with van der Waals surface area (Å²) in [5.41, 5.74) is 0.696. The van der Waals surface area contributed by atoms with Crippen LogP contribution in [-0.4, -0.2) is 81.5 Å². The van der Waals surface area contributed by atoms with E-state index < -0.39 is 5.82 Å². The fraction of sp³-hybridized carbons (Fsp3) is 0.500. The molecule has 7 heterocycles. The molecule has 0 unspecified atom stereocenters. The number of benzene rings is 2. The van der Waals surface area contributed by atoms with Crippen LogP contribution in [0, 0.1) is 11.6 Å². The maximum atomic E-state index is 17.0. The molecule has 234 valence electrons. The van der Waals surface area contributed by atoms with E-state index in [1.165, 1.54) is 12.1 Å². The Morgan fingerprint density at radius 3 is 2.76 bits per heavy atom. The average Bonchev–Trinajstić information content (AvgIpc) is 3.71. The molecule has 0 amide bonds. The van der Waals surface area contributed by atoms with Gasteiger partial charge in [-0.1, -0.05) is 13.0 Å². The maximum Gasteiger partial charge on any atom is 0.319 e. The highest BCUT2D eigenvalue weighted by Crippen LogP contribution is 2.45. The Bertz CT molecular complexity index is 1860. The highest BCUT2D eigenvalue weighted by molar-refractivity contribution is 6.03. The molecule has 4 aromatic rings. The quantitative estimate of drug-likeness (QED) is 0.318. The maximum absolute atomic E-state index is 17.0. The van der Waals surface area contributed by atoms with Gasteiger partial charge in [-0.3, -0.25) is 4.90 Å². The van der Waals surface area contributed by atoms with Crippen molar-refractivity contribution in [1.82, 2.24) is 25.2 Å². The van der Waals surface area contributed by atoms with Crippen LogP contribution in [0.4, 0.5) is 14.6 Å². The lowest BCUT2D eigenvalue weighted by molar-refractivity contribution is 0.108. The molecule has 45 heavy (non-hydrogen) atoms. The minimum atomic E-state index is -0.679. The van der Waals surface area contributed by atoms with Gasteiger partial charge in [-0.05, 0) is 92.6 Å². The lowest BCUT2D eigenvalue weighted by Crippen LogP contribution is -2.60. The molecule has 9 rings (SSSR count). The van der Waals surface area contributed by atoms with Crippen LogP contribution in [0.25, 0.3) is 32.9 Å². The zero-order chi connectivity index (χ0) is 30.4. The molecule has 3 atom stereocenters. The number of fused-ring (bicyclic) bond motifs is 7. The number of rotatable bonds is 5. The van der Waals surface area contributed by atoms with Gasteiger partial charge in [0.15, 0.2) is 5.82 Å². The number of aromatic hydroxyl groups is 1. The monoisotopic (exact) mass is 614 g/mol. The molecule has 4 saturated heterocycles. The Balaban J connectivity index is 1.25. The first-order valence-corrected chi connectivity index (χ1v) is 16.3. The summed E-state index contributed by atoms with van der Waals surface area (Å²) in [7, 11) is 0. The molecule has 11 heteroatoms. The van der Waals surface area contributed by atoms with Crippen molar-refractivity contribution in [2.45, 2.75) is 75.5 Å². The molecule has 5 aliphatic rings. The van der Waals surface area contributed by atoms with Crippen LogP contribution in [0.2, 0.25) is 0 Å². The van der Waals surface area contributed by atoms with Crippen molar-refractivity contribution >= 4 is 27.5 Å². The third-order valence-corrected chi connectivity index (χ3v) is 11.0.